The van der Waals surface area contributed by atoms with Crippen molar-refractivity contribution in [2.24, 2.45) is 0 Å². The van der Waals surface area contributed by atoms with Crippen LogP contribution in [0.3, 0.4) is 0 Å². The fourth-order valence-corrected chi connectivity index (χ4v) is 1.85. The van der Waals surface area contributed by atoms with Crippen LogP contribution in [0, 0.1) is 11.6 Å². The third kappa shape index (κ3) is 5.40. The van der Waals surface area contributed by atoms with Gasteiger partial charge in [0.2, 0.25) is 11.8 Å². The van der Waals surface area contributed by atoms with E-state index in [1.54, 1.807) is 14.1 Å². The zero-order valence-corrected chi connectivity index (χ0v) is 12.6. The first-order chi connectivity index (χ1) is 10.3. The summed E-state index contributed by atoms with van der Waals surface area (Å²) in [6.07, 6.45) is -0.752. The number of halogens is 2. The Morgan fingerprint density at radius 1 is 1.23 bits per heavy atom. The Balaban J connectivity index is 2.39. The predicted molar refractivity (Wildman–Crippen MR) is 76.9 cm³/mol. The van der Waals surface area contributed by atoms with Gasteiger partial charge in [-0.1, -0.05) is 6.07 Å². The highest BCUT2D eigenvalue weighted by molar-refractivity contribution is 5.78. The summed E-state index contributed by atoms with van der Waals surface area (Å²) in [5.74, 6) is -2.19. The van der Waals surface area contributed by atoms with Gasteiger partial charge in [0.25, 0.3) is 0 Å². The first-order valence-electron chi connectivity index (χ1n) is 6.91. The maximum atomic E-state index is 13.4. The fourth-order valence-electron chi connectivity index (χ4n) is 1.85. The summed E-state index contributed by atoms with van der Waals surface area (Å²) >= 11 is 0. The number of amides is 2. The van der Waals surface area contributed by atoms with Crippen molar-refractivity contribution in [1.29, 1.82) is 0 Å². The molecule has 22 heavy (non-hydrogen) atoms. The van der Waals surface area contributed by atoms with E-state index in [1.165, 1.54) is 11.0 Å². The molecule has 1 unspecified atom stereocenters. The van der Waals surface area contributed by atoms with Crippen molar-refractivity contribution >= 4 is 11.8 Å². The topological polar surface area (TPSA) is 69.6 Å². The van der Waals surface area contributed by atoms with E-state index in [-0.39, 0.29) is 31.2 Å². The SMILES string of the molecule is CN(C)C(=O)CCCC(=O)NCC(O)c1c(F)cccc1F. The fraction of sp³-hybridized carbons (Fsp3) is 0.467. The molecule has 0 bridgehead atoms. The maximum absolute atomic E-state index is 13.4. The summed E-state index contributed by atoms with van der Waals surface area (Å²) < 4.78 is 26.9. The number of rotatable bonds is 7. The van der Waals surface area contributed by atoms with Crippen LogP contribution in [0.25, 0.3) is 0 Å². The highest BCUT2D eigenvalue weighted by Crippen LogP contribution is 2.19. The Morgan fingerprint density at radius 3 is 2.36 bits per heavy atom. The normalized spacial score (nSPS) is 11.9. The molecule has 0 aliphatic heterocycles. The highest BCUT2D eigenvalue weighted by Gasteiger charge is 2.18. The van der Waals surface area contributed by atoms with Crippen LogP contribution in [0.4, 0.5) is 8.78 Å². The number of benzene rings is 1. The van der Waals surface area contributed by atoms with Crippen LogP contribution in [-0.4, -0.2) is 42.5 Å². The average Bonchev–Trinajstić information content (AvgIpc) is 2.44. The van der Waals surface area contributed by atoms with Gasteiger partial charge in [0.15, 0.2) is 0 Å². The number of aliphatic hydroxyl groups is 1. The monoisotopic (exact) mass is 314 g/mol. The van der Waals surface area contributed by atoms with Gasteiger partial charge in [0, 0.05) is 33.5 Å². The largest absolute Gasteiger partial charge is 0.386 e. The zero-order chi connectivity index (χ0) is 16.7. The smallest absolute Gasteiger partial charge is 0.222 e. The van der Waals surface area contributed by atoms with Crippen LogP contribution >= 0.6 is 0 Å². The van der Waals surface area contributed by atoms with E-state index < -0.39 is 23.3 Å². The molecular formula is C15H20F2N2O3. The molecule has 1 atom stereocenters. The van der Waals surface area contributed by atoms with Crippen molar-refractivity contribution in [2.75, 3.05) is 20.6 Å². The van der Waals surface area contributed by atoms with Crippen LogP contribution in [0.15, 0.2) is 18.2 Å². The molecule has 1 rings (SSSR count). The van der Waals surface area contributed by atoms with E-state index in [4.69, 9.17) is 0 Å². The molecule has 0 aromatic heterocycles. The molecule has 122 valence electrons. The minimum atomic E-state index is -1.46. The Morgan fingerprint density at radius 2 is 1.82 bits per heavy atom. The van der Waals surface area contributed by atoms with Crippen LogP contribution < -0.4 is 5.32 Å². The summed E-state index contributed by atoms with van der Waals surface area (Å²) in [4.78, 5) is 24.3. The third-order valence-corrected chi connectivity index (χ3v) is 3.12. The Labute approximate surface area is 127 Å². The molecule has 2 amide bonds. The lowest BCUT2D eigenvalue weighted by atomic mass is 10.1. The lowest BCUT2D eigenvalue weighted by Gasteiger charge is -2.14. The van der Waals surface area contributed by atoms with Crippen molar-refractivity contribution < 1.29 is 23.5 Å². The number of nitrogens with one attached hydrogen (secondary N) is 1. The van der Waals surface area contributed by atoms with E-state index >= 15 is 0 Å². The minimum absolute atomic E-state index is 0.0822. The molecule has 2 N–H and O–H groups in total. The molecule has 1 aromatic carbocycles. The van der Waals surface area contributed by atoms with E-state index in [2.05, 4.69) is 5.32 Å². The Kier molecular flexibility index (Phi) is 6.91. The zero-order valence-electron chi connectivity index (χ0n) is 12.6. The molecule has 0 aliphatic rings. The number of hydrogen-bond donors (Lipinski definition) is 2. The first-order valence-corrected chi connectivity index (χ1v) is 6.91. The Hall–Kier alpha value is -2.02. The molecule has 5 nitrogen and oxygen atoms in total. The van der Waals surface area contributed by atoms with Crippen LogP contribution in [0.2, 0.25) is 0 Å². The number of carbonyl (C=O) groups is 2. The van der Waals surface area contributed by atoms with Crippen molar-refractivity contribution in [2.45, 2.75) is 25.4 Å². The quantitative estimate of drug-likeness (QED) is 0.799. The van der Waals surface area contributed by atoms with Gasteiger partial charge in [0.05, 0.1) is 5.56 Å². The number of nitrogens with zero attached hydrogens (tertiary/aromatic N) is 1. The van der Waals surface area contributed by atoms with E-state index in [1.807, 2.05) is 0 Å². The maximum Gasteiger partial charge on any atom is 0.222 e. The second kappa shape index (κ2) is 8.43. The lowest BCUT2D eigenvalue weighted by molar-refractivity contribution is -0.129. The summed E-state index contributed by atoms with van der Waals surface area (Å²) in [7, 11) is 3.25. The molecule has 0 saturated heterocycles. The Bertz CT molecular complexity index is 515. The molecule has 0 radical (unpaired) electrons. The second-order valence-electron chi connectivity index (χ2n) is 5.10. The third-order valence-electron chi connectivity index (χ3n) is 3.12. The van der Waals surface area contributed by atoms with Crippen molar-refractivity contribution in [3.8, 4) is 0 Å². The number of hydrogen-bond acceptors (Lipinski definition) is 3. The van der Waals surface area contributed by atoms with E-state index in [0.717, 1.165) is 12.1 Å². The molecule has 0 saturated carbocycles. The molecule has 0 heterocycles. The highest BCUT2D eigenvalue weighted by atomic mass is 19.1. The standard InChI is InChI=1S/C15H20F2N2O3/c1-19(2)14(22)8-4-7-13(21)18-9-12(20)15-10(16)5-3-6-11(15)17/h3,5-6,12,20H,4,7-9H2,1-2H3,(H,18,21). The van der Waals surface area contributed by atoms with Gasteiger partial charge < -0.3 is 15.3 Å². The first kappa shape index (κ1) is 18.0. The van der Waals surface area contributed by atoms with Gasteiger partial charge in [-0.2, -0.15) is 0 Å². The summed E-state index contributed by atoms with van der Waals surface area (Å²) in [6.45, 7) is -0.293. The van der Waals surface area contributed by atoms with Gasteiger partial charge in [-0.05, 0) is 18.6 Å². The number of carbonyl (C=O) groups excluding carboxylic acids is 2. The van der Waals surface area contributed by atoms with Gasteiger partial charge in [0.1, 0.15) is 17.7 Å². The summed E-state index contributed by atoms with van der Waals surface area (Å²) in [5, 5.41) is 12.2. The van der Waals surface area contributed by atoms with Crippen LogP contribution in [0.1, 0.15) is 30.9 Å². The average molecular weight is 314 g/mol. The molecular weight excluding hydrogens is 294 g/mol. The molecule has 0 fully saturated rings. The predicted octanol–water partition coefficient (Wildman–Crippen LogP) is 1.37. The summed E-state index contributed by atoms with van der Waals surface area (Å²) in [5.41, 5.74) is -0.467. The van der Waals surface area contributed by atoms with E-state index in [0.29, 0.717) is 6.42 Å². The van der Waals surface area contributed by atoms with Gasteiger partial charge in [-0.3, -0.25) is 9.59 Å². The van der Waals surface area contributed by atoms with Gasteiger partial charge >= 0.3 is 0 Å². The second-order valence-corrected chi connectivity index (χ2v) is 5.10. The lowest BCUT2D eigenvalue weighted by Crippen LogP contribution is -2.29. The van der Waals surface area contributed by atoms with Crippen molar-refractivity contribution in [1.82, 2.24) is 10.2 Å². The molecule has 0 aliphatic carbocycles. The van der Waals surface area contributed by atoms with Crippen molar-refractivity contribution in [3.05, 3.63) is 35.4 Å². The minimum Gasteiger partial charge on any atom is -0.386 e. The van der Waals surface area contributed by atoms with Crippen LogP contribution in [-0.2, 0) is 9.59 Å². The number of aliphatic hydroxyl groups excluding tert-OH is 1. The molecule has 7 heteroatoms. The molecule has 1 aromatic rings. The van der Waals surface area contributed by atoms with Gasteiger partial charge in [-0.25, -0.2) is 8.78 Å². The molecule has 0 spiro atoms. The van der Waals surface area contributed by atoms with E-state index in [9.17, 15) is 23.5 Å². The van der Waals surface area contributed by atoms with Crippen LogP contribution in [0.5, 0.6) is 0 Å². The summed E-state index contributed by atoms with van der Waals surface area (Å²) in [6, 6.07) is 3.27. The van der Waals surface area contributed by atoms with Gasteiger partial charge in [-0.15, -0.1) is 0 Å². The van der Waals surface area contributed by atoms with Crippen molar-refractivity contribution in [3.63, 3.8) is 0 Å².